The third-order valence-corrected chi connectivity index (χ3v) is 5.89. The van der Waals surface area contributed by atoms with Crippen molar-refractivity contribution in [1.82, 2.24) is 9.21 Å². The topological polar surface area (TPSA) is 74.8 Å². The molecule has 0 saturated carbocycles. The van der Waals surface area contributed by atoms with Crippen molar-refractivity contribution in [1.29, 1.82) is 0 Å². The molecule has 0 unspecified atom stereocenters. The van der Waals surface area contributed by atoms with E-state index in [1.54, 1.807) is 0 Å². The van der Waals surface area contributed by atoms with E-state index >= 15 is 0 Å². The van der Waals surface area contributed by atoms with Gasteiger partial charge in [-0.3, -0.25) is 14.5 Å². The second-order valence-electron chi connectivity index (χ2n) is 5.76. The van der Waals surface area contributed by atoms with Gasteiger partial charge in [-0.25, -0.2) is 12.8 Å². The minimum atomic E-state index is -3.87. The fourth-order valence-corrected chi connectivity index (χ4v) is 3.80. The van der Waals surface area contributed by atoms with Gasteiger partial charge >= 0.3 is 0 Å². The summed E-state index contributed by atoms with van der Waals surface area (Å²) < 4.78 is 39.5. The van der Waals surface area contributed by atoms with Crippen LogP contribution in [0.1, 0.15) is 26.3 Å². The molecule has 0 spiro atoms. The van der Waals surface area contributed by atoms with Gasteiger partial charge in [0.15, 0.2) is 0 Å². The van der Waals surface area contributed by atoms with Gasteiger partial charge in [-0.1, -0.05) is 12.1 Å². The van der Waals surface area contributed by atoms with Crippen LogP contribution in [0.2, 0.25) is 0 Å². The summed E-state index contributed by atoms with van der Waals surface area (Å²) in [7, 11) is -1.13. The zero-order valence-electron chi connectivity index (χ0n) is 13.6. The summed E-state index contributed by atoms with van der Waals surface area (Å²) in [5, 5.41) is 0. The van der Waals surface area contributed by atoms with E-state index in [0.717, 1.165) is 9.21 Å². The van der Waals surface area contributed by atoms with Crippen molar-refractivity contribution in [2.75, 3.05) is 14.1 Å². The van der Waals surface area contributed by atoms with Crippen LogP contribution in [0, 0.1) is 5.82 Å². The highest BCUT2D eigenvalue weighted by Gasteiger charge is 2.34. The first-order valence-electron chi connectivity index (χ1n) is 7.39. The molecule has 2 aromatic rings. The Hall–Kier alpha value is -2.58. The quantitative estimate of drug-likeness (QED) is 0.779. The molecule has 0 fully saturated rings. The Bertz CT molecular complexity index is 971. The number of fused-ring (bicyclic) bond motifs is 1. The standard InChI is InChI=1S/C17H15FN2O4S/c1-19(10-11-3-5-12(18)6-4-11)25(23,24)13-7-8-14-15(9-13)17(22)20(2)16(14)21/h3-9H,10H2,1-2H3. The zero-order valence-corrected chi connectivity index (χ0v) is 14.4. The summed E-state index contributed by atoms with van der Waals surface area (Å²) in [6.07, 6.45) is 0. The summed E-state index contributed by atoms with van der Waals surface area (Å²) >= 11 is 0. The Morgan fingerprint density at radius 3 is 2.24 bits per heavy atom. The largest absolute Gasteiger partial charge is 0.277 e. The molecule has 0 saturated heterocycles. The molecule has 0 radical (unpaired) electrons. The monoisotopic (exact) mass is 362 g/mol. The first-order chi connectivity index (χ1) is 11.7. The molecule has 2 amide bonds. The first-order valence-corrected chi connectivity index (χ1v) is 8.83. The molecule has 0 bridgehead atoms. The highest BCUT2D eigenvalue weighted by atomic mass is 32.2. The average Bonchev–Trinajstić information content (AvgIpc) is 2.81. The van der Waals surface area contributed by atoms with E-state index in [-0.39, 0.29) is 22.6 Å². The normalized spacial score (nSPS) is 14.3. The number of carbonyl (C=O) groups excluding carboxylic acids is 2. The summed E-state index contributed by atoms with van der Waals surface area (Å²) in [6, 6.07) is 9.38. The van der Waals surface area contributed by atoms with E-state index in [0.29, 0.717) is 5.56 Å². The van der Waals surface area contributed by atoms with Crippen LogP contribution >= 0.6 is 0 Å². The lowest BCUT2D eigenvalue weighted by Gasteiger charge is -2.17. The number of hydrogen-bond donors (Lipinski definition) is 0. The number of rotatable bonds is 4. The highest BCUT2D eigenvalue weighted by Crippen LogP contribution is 2.26. The van der Waals surface area contributed by atoms with Gasteiger partial charge in [0.2, 0.25) is 10.0 Å². The van der Waals surface area contributed by atoms with Gasteiger partial charge < -0.3 is 0 Å². The van der Waals surface area contributed by atoms with Crippen molar-refractivity contribution >= 4 is 21.8 Å². The average molecular weight is 362 g/mol. The van der Waals surface area contributed by atoms with Gasteiger partial charge in [-0.15, -0.1) is 0 Å². The fraction of sp³-hybridized carbons (Fsp3) is 0.176. The minimum absolute atomic E-state index is 0.0481. The third-order valence-electron chi connectivity index (χ3n) is 4.09. The molecule has 3 rings (SSSR count). The summed E-state index contributed by atoms with van der Waals surface area (Å²) in [6.45, 7) is 0.0481. The van der Waals surface area contributed by atoms with E-state index in [4.69, 9.17) is 0 Å². The van der Waals surface area contributed by atoms with Crippen LogP contribution < -0.4 is 0 Å². The molecule has 1 aliphatic heterocycles. The van der Waals surface area contributed by atoms with Crippen molar-refractivity contribution in [3.05, 3.63) is 65.0 Å². The van der Waals surface area contributed by atoms with Crippen molar-refractivity contribution in [2.45, 2.75) is 11.4 Å². The van der Waals surface area contributed by atoms with E-state index in [2.05, 4.69) is 0 Å². The lowest BCUT2D eigenvalue weighted by molar-refractivity contribution is 0.0693. The van der Waals surface area contributed by atoms with Crippen LogP contribution in [0.25, 0.3) is 0 Å². The Morgan fingerprint density at radius 2 is 1.60 bits per heavy atom. The van der Waals surface area contributed by atoms with E-state index in [9.17, 15) is 22.4 Å². The summed E-state index contributed by atoms with van der Waals surface area (Å²) in [4.78, 5) is 24.8. The van der Waals surface area contributed by atoms with Gasteiger partial charge in [0, 0.05) is 20.6 Å². The molecular formula is C17H15FN2O4S. The third kappa shape index (κ3) is 2.94. The number of sulfonamides is 1. The van der Waals surface area contributed by atoms with Crippen LogP contribution in [0.15, 0.2) is 47.4 Å². The van der Waals surface area contributed by atoms with Crippen LogP contribution in [-0.4, -0.2) is 43.5 Å². The lowest BCUT2D eigenvalue weighted by atomic mass is 10.1. The molecule has 2 aromatic carbocycles. The molecule has 0 N–H and O–H groups in total. The predicted molar refractivity (Wildman–Crippen MR) is 87.9 cm³/mol. The second kappa shape index (κ2) is 6.05. The van der Waals surface area contributed by atoms with Gasteiger partial charge in [0.05, 0.1) is 16.0 Å². The molecule has 6 nitrogen and oxygen atoms in total. The van der Waals surface area contributed by atoms with Gasteiger partial charge in [-0.2, -0.15) is 4.31 Å². The Labute approximate surface area is 144 Å². The number of carbonyl (C=O) groups is 2. The number of hydrogen-bond acceptors (Lipinski definition) is 4. The van der Waals surface area contributed by atoms with Crippen LogP contribution in [0.3, 0.4) is 0 Å². The lowest BCUT2D eigenvalue weighted by Crippen LogP contribution is -2.26. The van der Waals surface area contributed by atoms with Crippen molar-refractivity contribution in [3.63, 3.8) is 0 Å². The zero-order chi connectivity index (χ0) is 18.4. The second-order valence-corrected chi connectivity index (χ2v) is 7.81. The molecule has 0 aliphatic carbocycles. The molecular weight excluding hydrogens is 347 g/mol. The van der Waals surface area contributed by atoms with E-state index in [1.165, 1.54) is 56.6 Å². The molecule has 130 valence electrons. The maximum atomic E-state index is 13.0. The van der Waals surface area contributed by atoms with Gasteiger partial charge in [-0.05, 0) is 35.9 Å². The Kier molecular flexibility index (Phi) is 4.18. The van der Waals surface area contributed by atoms with E-state index in [1.807, 2.05) is 0 Å². The van der Waals surface area contributed by atoms with Crippen molar-refractivity contribution in [3.8, 4) is 0 Å². The molecule has 25 heavy (non-hydrogen) atoms. The maximum absolute atomic E-state index is 13.0. The highest BCUT2D eigenvalue weighted by molar-refractivity contribution is 7.89. The fourth-order valence-electron chi connectivity index (χ4n) is 2.61. The van der Waals surface area contributed by atoms with Crippen LogP contribution in [-0.2, 0) is 16.6 Å². The molecule has 0 aromatic heterocycles. The Morgan fingerprint density at radius 1 is 1.00 bits per heavy atom. The molecule has 1 aliphatic rings. The number of imide groups is 1. The Balaban J connectivity index is 1.91. The smallest absolute Gasteiger partial charge is 0.261 e. The number of nitrogens with zero attached hydrogens (tertiary/aromatic N) is 2. The first kappa shape index (κ1) is 17.2. The van der Waals surface area contributed by atoms with Crippen molar-refractivity contribution in [2.24, 2.45) is 0 Å². The summed E-state index contributed by atoms with van der Waals surface area (Å²) in [5.41, 5.74) is 0.885. The number of amides is 2. The number of benzene rings is 2. The maximum Gasteiger partial charge on any atom is 0.261 e. The van der Waals surface area contributed by atoms with Crippen molar-refractivity contribution < 1.29 is 22.4 Å². The van der Waals surface area contributed by atoms with Gasteiger partial charge in [0.1, 0.15) is 5.82 Å². The molecule has 1 heterocycles. The summed E-state index contributed by atoms with van der Waals surface area (Å²) in [5.74, 6) is -1.39. The van der Waals surface area contributed by atoms with E-state index < -0.39 is 27.7 Å². The predicted octanol–water partition coefficient (Wildman–Crippen LogP) is 1.87. The SMILES string of the molecule is CN1C(=O)c2ccc(S(=O)(=O)N(C)Cc3ccc(F)cc3)cc2C1=O. The minimum Gasteiger partial charge on any atom is -0.277 e. The van der Waals surface area contributed by atoms with Gasteiger partial charge in [0.25, 0.3) is 11.8 Å². The van der Waals surface area contributed by atoms with Crippen LogP contribution in [0.4, 0.5) is 4.39 Å². The molecule has 0 atom stereocenters. The molecule has 8 heteroatoms. The number of halogens is 1. The van der Waals surface area contributed by atoms with Crippen LogP contribution in [0.5, 0.6) is 0 Å².